The minimum atomic E-state index is -1.39. The summed E-state index contributed by atoms with van der Waals surface area (Å²) in [6.07, 6.45) is 1.07. The third-order valence-corrected chi connectivity index (χ3v) is 5.09. The van der Waals surface area contributed by atoms with E-state index in [9.17, 15) is 0 Å². The first-order valence-corrected chi connectivity index (χ1v) is 8.93. The van der Waals surface area contributed by atoms with Crippen LogP contribution >= 0.6 is 0 Å². The Morgan fingerprint density at radius 3 is 1.94 bits per heavy atom. The van der Waals surface area contributed by atoms with Crippen LogP contribution in [0.2, 0.25) is 19.1 Å². The van der Waals surface area contributed by atoms with E-state index in [1.807, 2.05) is 0 Å². The van der Waals surface area contributed by atoms with Crippen LogP contribution < -0.4 is 0 Å². The Bertz CT molecular complexity index is 153. The summed E-state index contributed by atoms with van der Waals surface area (Å²) >= 11 is 0. The van der Waals surface area contributed by atoms with Gasteiger partial charge in [-0.25, -0.2) is 0 Å². The Hall–Kier alpha value is 0.0569. The monoisotopic (exact) mass is 250 g/mol. The molecule has 0 spiro atoms. The molecule has 0 aliphatic heterocycles. The van der Waals surface area contributed by atoms with Crippen LogP contribution in [-0.4, -0.2) is 55.6 Å². The van der Waals surface area contributed by atoms with E-state index in [1.54, 1.807) is 14.2 Å². The van der Waals surface area contributed by atoms with Gasteiger partial charge >= 0.3 is 0 Å². The maximum atomic E-state index is 5.45. The predicted molar refractivity (Wildman–Crippen MR) is 67.4 cm³/mol. The second-order valence-corrected chi connectivity index (χ2v) is 8.71. The molecule has 0 aliphatic carbocycles. The van der Waals surface area contributed by atoms with Crippen molar-refractivity contribution in [2.75, 3.05) is 47.3 Å². The molecular weight excluding hydrogens is 224 g/mol. The van der Waals surface area contributed by atoms with Crippen molar-refractivity contribution in [2.45, 2.75) is 25.6 Å². The molecule has 0 radical (unpaired) electrons. The molecule has 0 saturated heterocycles. The van der Waals surface area contributed by atoms with Gasteiger partial charge in [0.25, 0.3) is 0 Å². The molecule has 4 nitrogen and oxygen atoms in total. The largest absolute Gasteiger partial charge is 0.420 e. The first-order chi connectivity index (χ1) is 7.62. The maximum absolute atomic E-state index is 5.45. The molecule has 0 rings (SSSR count). The Morgan fingerprint density at radius 2 is 1.38 bits per heavy atom. The molecule has 0 atom stereocenters. The van der Waals surface area contributed by atoms with Gasteiger partial charge in [-0.3, -0.25) is 0 Å². The lowest BCUT2D eigenvalue weighted by molar-refractivity contribution is 0.0248. The molecule has 0 bridgehead atoms. The van der Waals surface area contributed by atoms with Gasteiger partial charge in [0.15, 0.2) is 8.32 Å². The highest BCUT2D eigenvalue weighted by molar-refractivity contribution is 6.71. The number of ether oxygens (including phenoxy) is 3. The summed E-state index contributed by atoms with van der Waals surface area (Å²) in [4.78, 5) is 0. The van der Waals surface area contributed by atoms with Gasteiger partial charge in [0.2, 0.25) is 0 Å². The lowest BCUT2D eigenvalue weighted by Gasteiger charge is -2.19. The molecule has 0 saturated carbocycles. The third-order valence-electron chi connectivity index (χ3n) is 2.42. The van der Waals surface area contributed by atoms with E-state index in [4.69, 9.17) is 18.6 Å². The molecule has 0 fully saturated rings. The standard InChI is InChI=1S/C11H26O4Si/c1-12-7-8-15-10-9-14-6-5-11-16(3,4)13-2/h5-11H2,1-4H3. The quantitative estimate of drug-likeness (QED) is 0.415. The number of rotatable bonds is 11. The van der Waals surface area contributed by atoms with E-state index in [2.05, 4.69) is 13.1 Å². The normalized spacial score (nSPS) is 12.0. The average Bonchev–Trinajstić information content (AvgIpc) is 2.27. The zero-order chi connectivity index (χ0) is 12.3. The summed E-state index contributed by atoms with van der Waals surface area (Å²) in [6.45, 7) is 7.85. The molecule has 0 aliphatic rings. The molecule has 0 unspecified atom stereocenters. The second kappa shape index (κ2) is 10.2. The zero-order valence-electron chi connectivity index (χ0n) is 11.1. The van der Waals surface area contributed by atoms with Gasteiger partial charge in [-0.2, -0.15) is 0 Å². The van der Waals surface area contributed by atoms with Crippen molar-refractivity contribution in [3.05, 3.63) is 0 Å². The Balaban J connectivity index is 3.10. The van der Waals surface area contributed by atoms with Crippen molar-refractivity contribution >= 4 is 8.32 Å². The van der Waals surface area contributed by atoms with Crippen LogP contribution in [0.15, 0.2) is 0 Å². The van der Waals surface area contributed by atoms with E-state index in [1.165, 1.54) is 0 Å². The third kappa shape index (κ3) is 10.6. The summed E-state index contributed by atoms with van der Waals surface area (Å²) in [5.74, 6) is 0. The van der Waals surface area contributed by atoms with E-state index in [0.29, 0.717) is 26.4 Å². The predicted octanol–water partition coefficient (Wildman–Crippen LogP) is 1.91. The smallest absolute Gasteiger partial charge is 0.186 e. The van der Waals surface area contributed by atoms with Crippen LogP contribution in [0.4, 0.5) is 0 Å². The van der Waals surface area contributed by atoms with Crippen molar-refractivity contribution < 1.29 is 18.6 Å². The molecule has 0 aromatic heterocycles. The molecule has 98 valence electrons. The number of hydrogen-bond acceptors (Lipinski definition) is 4. The van der Waals surface area contributed by atoms with Crippen LogP contribution in [0, 0.1) is 0 Å². The fourth-order valence-corrected chi connectivity index (χ4v) is 2.37. The highest BCUT2D eigenvalue weighted by atomic mass is 28.4. The number of hydrogen-bond donors (Lipinski definition) is 0. The van der Waals surface area contributed by atoms with Crippen molar-refractivity contribution in [3.8, 4) is 0 Å². The molecule has 0 aromatic carbocycles. The Labute approximate surface area is 100 Å². The van der Waals surface area contributed by atoms with Crippen molar-refractivity contribution in [2.24, 2.45) is 0 Å². The summed E-state index contributed by atoms with van der Waals surface area (Å²) in [5, 5.41) is 0. The SMILES string of the molecule is COCCOCCOCCC[Si](C)(C)OC. The Morgan fingerprint density at radius 1 is 0.812 bits per heavy atom. The van der Waals surface area contributed by atoms with E-state index in [0.717, 1.165) is 19.1 Å². The number of methoxy groups -OCH3 is 1. The molecule has 0 aromatic rings. The van der Waals surface area contributed by atoms with Gasteiger partial charge in [-0.05, 0) is 25.6 Å². The van der Waals surface area contributed by atoms with Gasteiger partial charge in [0.1, 0.15) is 0 Å². The van der Waals surface area contributed by atoms with Gasteiger partial charge < -0.3 is 18.6 Å². The van der Waals surface area contributed by atoms with Gasteiger partial charge in [0.05, 0.1) is 26.4 Å². The van der Waals surface area contributed by atoms with Crippen molar-refractivity contribution in [3.63, 3.8) is 0 Å². The summed E-state index contributed by atoms with van der Waals surface area (Å²) in [6, 6.07) is 1.15. The van der Waals surface area contributed by atoms with Crippen LogP contribution in [0.25, 0.3) is 0 Å². The molecule has 0 heterocycles. The molecule has 0 N–H and O–H groups in total. The van der Waals surface area contributed by atoms with E-state index < -0.39 is 8.32 Å². The first-order valence-electron chi connectivity index (χ1n) is 5.82. The fourth-order valence-electron chi connectivity index (χ4n) is 1.17. The van der Waals surface area contributed by atoms with Crippen molar-refractivity contribution in [1.82, 2.24) is 0 Å². The maximum Gasteiger partial charge on any atom is 0.186 e. The molecular formula is C11H26O4Si. The average molecular weight is 250 g/mol. The minimum Gasteiger partial charge on any atom is -0.420 e. The first kappa shape index (κ1) is 16.1. The van der Waals surface area contributed by atoms with Crippen LogP contribution in [0.1, 0.15) is 6.42 Å². The lowest BCUT2D eigenvalue weighted by atomic mass is 10.5. The summed E-state index contributed by atoms with van der Waals surface area (Å²) < 4.78 is 21.0. The van der Waals surface area contributed by atoms with Crippen LogP contribution in [0.5, 0.6) is 0 Å². The van der Waals surface area contributed by atoms with Crippen LogP contribution in [-0.2, 0) is 18.6 Å². The van der Waals surface area contributed by atoms with Crippen molar-refractivity contribution in [1.29, 1.82) is 0 Å². The second-order valence-electron chi connectivity index (χ2n) is 4.28. The topological polar surface area (TPSA) is 36.9 Å². The summed E-state index contributed by atoms with van der Waals surface area (Å²) in [5.41, 5.74) is 0. The highest BCUT2D eigenvalue weighted by Crippen LogP contribution is 2.11. The molecule has 5 heteroatoms. The highest BCUT2D eigenvalue weighted by Gasteiger charge is 2.19. The minimum absolute atomic E-state index is 0.642. The lowest BCUT2D eigenvalue weighted by Crippen LogP contribution is -2.28. The molecule has 16 heavy (non-hydrogen) atoms. The van der Waals surface area contributed by atoms with Gasteiger partial charge in [0, 0.05) is 20.8 Å². The van der Waals surface area contributed by atoms with Gasteiger partial charge in [-0.15, -0.1) is 0 Å². The van der Waals surface area contributed by atoms with Gasteiger partial charge in [-0.1, -0.05) is 0 Å². The zero-order valence-corrected chi connectivity index (χ0v) is 12.1. The van der Waals surface area contributed by atoms with E-state index in [-0.39, 0.29) is 0 Å². The fraction of sp³-hybridized carbons (Fsp3) is 1.00. The Kier molecular flexibility index (Phi) is 10.3. The molecule has 0 amide bonds. The van der Waals surface area contributed by atoms with E-state index >= 15 is 0 Å². The summed E-state index contributed by atoms with van der Waals surface area (Å²) in [7, 11) is 2.08. The van der Waals surface area contributed by atoms with Crippen LogP contribution in [0.3, 0.4) is 0 Å².